The minimum absolute atomic E-state index is 0.00764. The number of rotatable bonds is 3. The number of hydrogen-bond acceptors (Lipinski definition) is 5. The minimum Gasteiger partial charge on any atom is -0.435 e. The average molecular weight is 350 g/mol. The first kappa shape index (κ1) is 15.9. The van der Waals surface area contributed by atoms with Gasteiger partial charge in [-0.05, 0) is 24.6 Å². The number of likely N-dealkylation sites (tertiary alicyclic amines) is 1. The number of alkyl halides is 2. The van der Waals surface area contributed by atoms with E-state index in [1.807, 2.05) is 4.68 Å². The van der Waals surface area contributed by atoms with Crippen molar-refractivity contribution in [3.63, 3.8) is 0 Å². The summed E-state index contributed by atoms with van der Waals surface area (Å²) < 4.78 is 36.7. The van der Waals surface area contributed by atoms with Crippen LogP contribution in [0.15, 0.2) is 30.5 Å². The van der Waals surface area contributed by atoms with E-state index in [1.54, 1.807) is 17.2 Å². The number of amides is 1. The van der Waals surface area contributed by atoms with Crippen molar-refractivity contribution in [2.75, 3.05) is 13.1 Å². The maximum absolute atomic E-state index is 12.8. The molecule has 2 aliphatic heterocycles. The second-order valence-electron chi connectivity index (χ2n) is 6.03. The predicted molar refractivity (Wildman–Crippen MR) is 81.2 cm³/mol. The summed E-state index contributed by atoms with van der Waals surface area (Å²) in [6.45, 7) is -1.50. The molecule has 25 heavy (non-hydrogen) atoms. The van der Waals surface area contributed by atoms with Crippen LogP contribution in [0.1, 0.15) is 28.5 Å². The number of aromatic nitrogens is 3. The fraction of sp³-hybridized carbons (Fsp3) is 0.438. The SMILES string of the molecule is O=C(c1cccc(OC(F)F)c1)N1CC[C@H]2OCc3cnnn3[C@@H]2C1. The van der Waals surface area contributed by atoms with Crippen molar-refractivity contribution in [3.8, 4) is 5.75 Å². The van der Waals surface area contributed by atoms with Crippen molar-refractivity contribution in [2.45, 2.75) is 31.8 Å². The van der Waals surface area contributed by atoms with E-state index >= 15 is 0 Å². The molecule has 7 nitrogen and oxygen atoms in total. The molecule has 0 spiro atoms. The predicted octanol–water partition coefficient (Wildman–Crippen LogP) is 1.87. The summed E-state index contributed by atoms with van der Waals surface area (Å²) in [4.78, 5) is 14.4. The topological polar surface area (TPSA) is 69.5 Å². The Kier molecular flexibility index (Phi) is 4.08. The highest BCUT2D eigenvalue weighted by Crippen LogP contribution is 2.31. The van der Waals surface area contributed by atoms with Crippen LogP contribution in [0.2, 0.25) is 0 Å². The maximum atomic E-state index is 12.8. The first-order valence-corrected chi connectivity index (χ1v) is 7.96. The van der Waals surface area contributed by atoms with Gasteiger partial charge in [0.25, 0.3) is 5.91 Å². The Balaban J connectivity index is 1.52. The third-order valence-electron chi connectivity index (χ3n) is 4.52. The first-order chi connectivity index (χ1) is 12.1. The number of ether oxygens (including phenoxy) is 2. The van der Waals surface area contributed by atoms with Crippen molar-refractivity contribution in [2.24, 2.45) is 0 Å². The average Bonchev–Trinajstić information content (AvgIpc) is 3.09. The van der Waals surface area contributed by atoms with Crippen molar-refractivity contribution >= 4 is 5.91 Å². The van der Waals surface area contributed by atoms with E-state index < -0.39 is 6.61 Å². The van der Waals surface area contributed by atoms with Crippen molar-refractivity contribution in [3.05, 3.63) is 41.7 Å². The molecule has 4 rings (SSSR count). The zero-order valence-electron chi connectivity index (χ0n) is 13.2. The van der Waals surface area contributed by atoms with Crippen LogP contribution in [0.3, 0.4) is 0 Å². The van der Waals surface area contributed by atoms with Gasteiger partial charge in [0.15, 0.2) is 0 Å². The summed E-state index contributed by atoms with van der Waals surface area (Å²) in [5, 5.41) is 8.00. The highest BCUT2D eigenvalue weighted by molar-refractivity contribution is 5.94. The molecule has 0 radical (unpaired) electrons. The standard InChI is InChI=1S/C16H16F2N4O3/c17-16(18)25-12-3-1-2-10(6-12)15(23)21-5-4-14-13(8-21)22-11(9-24-14)7-19-20-22/h1-3,6-7,13-14,16H,4-5,8-9H2/t13-,14-/m1/s1. The molecule has 3 heterocycles. The van der Waals surface area contributed by atoms with E-state index in [9.17, 15) is 13.6 Å². The number of benzene rings is 1. The molecule has 1 saturated heterocycles. The van der Waals surface area contributed by atoms with Crippen LogP contribution in [0, 0.1) is 0 Å². The number of carbonyl (C=O) groups excluding carboxylic acids is 1. The summed E-state index contributed by atoms with van der Waals surface area (Å²) in [6.07, 6.45) is 2.33. The highest BCUT2D eigenvalue weighted by atomic mass is 19.3. The van der Waals surface area contributed by atoms with E-state index in [2.05, 4.69) is 15.0 Å². The van der Waals surface area contributed by atoms with Gasteiger partial charge in [0.1, 0.15) is 5.75 Å². The number of carbonyl (C=O) groups is 1. The number of hydrogen-bond donors (Lipinski definition) is 0. The molecule has 0 bridgehead atoms. The van der Waals surface area contributed by atoms with E-state index in [0.29, 0.717) is 31.7 Å². The van der Waals surface area contributed by atoms with E-state index in [4.69, 9.17) is 4.74 Å². The lowest BCUT2D eigenvalue weighted by atomic mass is 9.99. The van der Waals surface area contributed by atoms with E-state index in [-0.39, 0.29) is 23.8 Å². The van der Waals surface area contributed by atoms with Crippen LogP contribution in [-0.2, 0) is 11.3 Å². The van der Waals surface area contributed by atoms with Crippen molar-refractivity contribution < 1.29 is 23.0 Å². The lowest BCUT2D eigenvalue weighted by Crippen LogP contribution is -2.49. The number of nitrogens with zero attached hydrogens (tertiary/aromatic N) is 4. The first-order valence-electron chi connectivity index (χ1n) is 7.96. The molecule has 1 aromatic heterocycles. The van der Waals surface area contributed by atoms with Gasteiger partial charge in [-0.3, -0.25) is 4.79 Å². The molecule has 1 aromatic carbocycles. The quantitative estimate of drug-likeness (QED) is 0.845. The van der Waals surface area contributed by atoms with Gasteiger partial charge in [0.05, 0.1) is 30.6 Å². The van der Waals surface area contributed by atoms with Crippen LogP contribution < -0.4 is 4.74 Å². The summed E-state index contributed by atoms with van der Waals surface area (Å²) in [7, 11) is 0. The number of fused-ring (bicyclic) bond motifs is 3. The molecular weight excluding hydrogens is 334 g/mol. The van der Waals surface area contributed by atoms with Gasteiger partial charge >= 0.3 is 6.61 Å². The van der Waals surface area contributed by atoms with Gasteiger partial charge in [0.2, 0.25) is 0 Å². The molecule has 0 N–H and O–H groups in total. The Hall–Kier alpha value is -2.55. The van der Waals surface area contributed by atoms with E-state index in [0.717, 1.165) is 5.69 Å². The summed E-state index contributed by atoms with van der Waals surface area (Å²) in [6, 6.07) is 5.75. The van der Waals surface area contributed by atoms with Gasteiger partial charge in [-0.2, -0.15) is 8.78 Å². The molecule has 2 aliphatic rings. The minimum atomic E-state index is -2.92. The number of piperidine rings is 1. The van der Waals surface area contributed by atoms with Gasteiger partial charge in [-0.15, -0.1) is 5.10 Å². The zero-order chi connectivity index (χ0) is 17.4. The smallest absolute Gasteiger partial charge is 0.387 e. The molecule has 1 fully saturated rings. The van der Waals surface area contributed by atoms with Gasteiger partial charge in [-0.1, -0.05) is 11.3 Å². The Bertz CT molecular complexity index is 782. The Morgan fingerprint density at radius 2 is 2.28 bits per heavy atom. The normalized spacial score (nSPS) is 22.4. The fourth-order valence-electron chi connectivity index (χ4n) is 3.35. The fourth-order valence-corrected chi connectivity index (χ4v) is 3.35. The number of halogens is 2. The largest absolute Gasteiger partial charge is 0.435 e. The molecule has 2 aromatic rings. The van der Waals surface area contributed by atoms with Gasteiger partial charge in [0, 0.05) is 18.7 Å². The summed E-state index contributed by atoms with van der Waals surface area (Å²) in [5.41, 5.74) is 1.19. The summed E-state index contributed by atoms with van der Waals surface area (Å²) >= 11 is 0. The molecular formula is C16H16F2N4O3. The van der Waals surface area contributed by atoms with Crippen LogP contribution in [-0.4, -0.2) is 51.6 Å². The lowest BCUT2D eigenvalue weighted by molar-refractivity contribution is -0.0606. The monoisotopic (exact) mass is 350 g/mol. The van der Waals surface area contributed by atoms with Crippen molar-refractivity contribution in [1.29, 1.82) is 0 Å². The Labute approximate surface area is 142 Å². The molecule has 1 amide bonds. The molecule has 2 atom stereocenters. The van der Waals surface area contributed by atoms with Crippen LogP contribution in [0.25, 0.3) is 0 Å². The lowest BCUT2D eigenvalue weighted by Gasteiger charge is -2.41. The Morgan fingerprint density at radius 1 is 1.40 bits per heavy atom. The van der Waals surface area contributed by atoms with Crippen LogP contribution in [0.5, 0.6) is 5.75 Å². The molecule has 0 aliphatic carbocycles. The molecule has 0 unspecified atom stereocenters. The van der Waals surface area contributed by atoms with E-state index in [1.165, 1.54) is 18.2 Å². The van der Waals surface area contributed by atoms with Gasteiger partial charge < -0.3 is 14.4 Å². The zero-order valence-corrected chi connectivity index (χ0v) is 13.2. The molecule has 132 valence electrons. The van der Waals surface area contributed by atoms with Crippen LogP contribution in [0.4, 0.5) is 8.78 Å². The van der Waals surface area contributed by atoms with Gasteiger partial charge in [-0.25, -0.2) is 4.68 Å². The molecule has 9 heteroatoms. The third kappa shape index (κ3) is 3.07. The maximum Gasteiger partial charge on any atom is 0.387 e. The highest BCUT2D eigenvalue weighted by Gasteiger charge is 2.38. The van der Waals surface area contributed by atoms with Crippen LogP contribution >= 0.6 is 0 Å². The second-order valence-corrected chi connectivity index (χ2v) is 6.03. The van der Waals surface area contributed by atoms with Crippen molar-refractivity contribution in [1.82, 2.24) is 19.9 Å². The second kappa shape index (κ2) is 6.40. The molecule has 0 saturated carbocycles. The third-order valence-corrected chi connectivity index (χ3v) is 4.52. The summed E-state index contributed by atoms with van der Waals surface area (Å²) in [5.74, 6) is -0.263. The Morgan fingerprint density at radius 3 is 3.12 bits per heavy atom.